The van der Waals surface area contributed by atoms with Gasteiger partial charge in [0, 0.05) is 16.6 Å². The molecule has 1 heterocycles. The SMILES string of the molecule is O=[N+]([O-])c1ccc2ncnc(OCc3ccc(Br)cc3)c2c1. The summed E-state index contributed by atoms with van der Waals surface area (Å²) in [7, 11) is 0. The second-order valence-corrected chi connectivity index (χ2v) is 5.47. The van der Waals surface area contributed by atoms with Crippen molar-refractivity contribution in [2.24, 2.45) is 0 Å². The number of ether oxygens (including phenoxy) is 1. The predicted molar refractivity (Wildman–Crippen MR) is 84.7 cm³/mol. The van der Waals surface area contributed by atoms with Gasteiger partial charge in [-0.25, -0.2) is 9.97 Å². The number of benzene rings is 2. The number of fused-ring (bicyclic) bond motifs is 1. The van der Waals surface area contributed by atoms with Crippen LogP contribution in [0.15, 0.2) is 53.3 Å². The molecule has 0 aliphatic carbocycles. The van der Waals surface area contributed by atoms with Crippen LogP contribution in [0.2, 0.25) is 0 Å². The fraction of sp³-hybridized carbons (Fsp3) is 0.0667. The Morgan fingerprint density at radius 1 is 1.14 bits per heavy atom. The van der Waals surface area contributed by atoms with Crippen molar-refractivity contribution in [1.29, 1.82) is 0 Å². The van der Waals surface area contributed by atoms with Crippen molar-refractivity contribution in [3.63, 3.8) is 0 Å². The highest BCUT2D eigenvalue weighted by atomic mass is 79.9. The number of rotatable bonds is 4. The average molecular weight is 360 g/mol. The summed E-state index contributed by atoms with van der Waals surface area (Å²) in [5.41, 5.74) is 1.56. The van der Waals surface area contributed by atoms with Gasteiger partial charge in [0.1, 0.15) is 12.9 Å². The Bertz CT molecular complexity index is 837. The fourth-order valence-electron chi connectivity index (χ4n) is 1.98. The van der Waals surface area contributed by atoms with Crippen LogP contribution in [0, 0.1) is 10.1 Å². The van der Waals surface area contributed by atoms with Gasteiger partial charge in [-0.05, 0) is 23.8 Å². The number of halogens is 1. The minimum Gasteiger partial charge on any atom is -0.472 e. The molecule has 22 heavy (non-hydrogen) atoms. The van der Waals surface area contributed by atoms with Crippen molar-refractivity contribution < 1.29 is 9.66 Å². The molecule has 7 heteroatoms. The smallest absolute Gasteiger partial charge is 0.270 e. The van der Waals surface area contributed by atoms with E-state index in [1.54, 1.807) is 6.07 Å². The van der Waals surface area contributed by atoms with Gasteiger partial charge in [0.15, 0.2) is 0 Å². The van der Waals surface area contributed by atoms with Crippen LogP contribution in [0.4, 0.5) is 5.69 Å². The fourth-order valence-corrected chi connectivity index (χ4v) is 2.25. The lowest BCUT2D eigenvalue weighted by atomic mass is 10.2. The summed E-state index contributed by atoms with van der Waals surface area (Å²) < 4.78 is 6.68. The molecule has 0 saturated carbocycles. The summed E-state index contributed by atoms with van der Waals surface area (Å²) in [4.78, 5) is 18.6. The van der Waals surface area contributed by atoms with E-state index in [4.69, 9.17) is 4.74 Å². The number of nitrogens with zero attached hydrogens (tertiary/aromatic N) is 3. The zero-order valence-electron chi connectivity index (χ0n) is 11.3. The van der Waals surface area contributed by atoms with E-state index < -0.39 is 4.92 Å². The second-order valence-electron chi connectivity index (χ2n) is 4.55. The first-order chi connectivity index (χ1) is 10.6. The number of hydrogen-bond acceptors (Lipinski definition) is 5. The Labute approximate surface area is 134 Å². The van der Waals surface area contributed by atoms with Crippen LogP contribution >= 0.6 is 15.9 Å². The van der Waals surface area contributed by atoms with Crippen LogP contribution < -0.4 is 4.74 Å². The van der Waals surface area contributed by atoms with Crippen molar-refractivity contribution in [2.45, 2.75) is 6.61 Å². The Balaban J connectivity index is 1.90. The third-order valence-corrected chi connectivity index (χ3v) is 3.61. The molecule has 3 aromatic rings. The third-order valence-electron chi connectivity index (χ3n) is 3.08. The van der Waals surface area contributed by atoms with Crippen molar-refractivity contribution >= 4 is 32.5 Å². The summed E-state index contributed by atoms with van der Waals surface area (Å²) in [6, 6.07) is 12.1. The first-order valence-electron chi connectivity index (χ1n) is 6.40. The van der Waals surface area contributed by atoms with E-state index in [-0.39, 0.29) is 5.69 Å². The molecule has 0 aliphatic rings. The van der Waals surface area contributed by atoms with Gasteiger partial charge in [0.05, 0.1) is 15.8 Å². The predicted octanol–water partition coefficient (Wildman–Crippen LogP) is 3.88. The zero-order chi connectivity index (χ0) is 15.5. The minimum absolute atomic E-state index is 0.0178. The van der Waals surface area contributed by atoms with E-state index >= 15 is 0 Å². The molecule has 0 fully saturated rings. The molecule has 0 unspecified atom stereocenters. The molecule has 6 nitrogen and oxygen atoms in total. The van der Waals surface area contributed by atoms with E-state index in [0.717, 1.165) is 10.0 Å². The number of non-ortho nitro benzene ring substituents is 1. The molecule has 3 rings (SSSR count). The highest BCUT2D eigenvalue weighted by Crippen LogP contribution is 2.26. The summed E-state index contributed by atoms with van der Waals surface area (Å²) >= 11 is 3.37. The Morgan fingerprint density at radius 3 is 2.64 bits per heavy atom. The molecular formula is C15H10BrN3O3. The van der Waals surface area contributed by atoms with Crippen molar-refractivity contribution in [1.82, 2.24) is 9.97 Å². The van der Waals surface area contributed by atoms with Gasteiger partial charge in [-0.1, -0.05) is 28.1 Å². The van der Waals surface area contributed by atoms with Gasteiger partial charge in [0.2, 0.25) is 5.88 Å². The molecule has 110 valence electrons. The highest BCUT2D eigenvalue weighted by molar-refractivity contribution is 9.10. The van der Waals surface area contributed by atoms with E-state index in [2.05, 4.69) is 25.9 Å². The van der Waals surface area contributed by atoms with Crippen LogP contribution in [0.3, 0.4) is 0 Å². The molecule has 0 saturated heterocycles. The topological polar surface area (TPSA) is 78.2 Å². The monoisotopic (exact) mass is 359 g/mol. The van der Waals surface area contributed by atoms with Crippen LogP contribution in [0.25, 0.3) is 10.9 Å². The van der Waals surface area contributed by atoms with E-state index in [0.29, 0.717) is 23.4 Å². The molecule has 2 aromatic carbocycles. The quantitative estimate of drug-likeness (QED) is 0.521. The van der Waals surface area contributed by atoms with Crippen molar-refractivity contribution in [3.05, 3.63) is 68.9 Å². The normalized spacial score (nSPS) is 10.6. The molecule has 0 spiro atoms. The van der Waals surface area contributed by atoms with Crippen LogP contribution in [0.1, 0.15) is 5.56 Å². The van der Waals surface area contributed by atoms with Gasteiger partial charge in [-0.15, -0.1) is 0 Å². The molecule has 0 radical (unpaired) electrons. The molecular weight excluding hydrogens is 350 g/mol. The molecule has 0 N–H and O–H groups in total. The number of hydrogen-bond donors (Lipinski definition) is 0. The van der Waals surface area contributed by atoms with Gasteiger partial charge in [-0.3, -0.25) is 10.1 Å². The molecule has 1 aromatic heterocycles. The summed E-state index contributed by atoms with van der Waals surface area (Å²) in [6.07, 6.45) is 1.38. The van der Waals surface area contributed by atoms with Gasteiger partial charge < -0.3 is 4.74 Å². The van der Waals surface area contributed by atoms with E-state index in [1.165, 1.54) is 18.5 Å². The highest BCUT2D eigenvalue weighted by Gasteiger charge is 2.11. The summed E-state index contributed by atoms with van der Waals surface area (Å²) in [5.74, 6) is 0.330. The standard InChI is InChI=1S/C15H10BrN3O3/c16-11-3-1-10(2-4-11)8-22-15-13-7-12(19(20)21)5-6-14(13)17-9-18-15/h1-7,9H,8H2. The maximum atomic E-state index is 10.9. The zero-order valence-corrected chi connectivity index (χ0v) is 12.9. The van der Waals surface area contributed by atoms with E-state index in [1.807, 2.05) is 24.3 Å². The number of nitro groups is 1. The van der Waals surface area contributed by atoms with Gasteiger partial charge in [0.25, 0.3) is 5.69 Å². The molecule has 0 aliphatic heterocycles. The lowest BCUT2D eigenvalue weighted by molar-refractivity contribution is -0.384. The first-order valence-corrected chi connectivity index (χ1v) is 7.19. The van der Waals surface area contributed by atoms with Crippen LogP contribution in [-0.2, 0) is 6.61 Å². The largest absolute Gasteiger partial charge is 0.472 e. The lowest BCUT2D eigenvalue weighted by Crippen LogP contribution is -1.99. The van der Waals surface area contributed by atoms with Gasteiger partial charge >= 0.3 is 0 Å². The van der Waals surface area contributed by atoms with Crippen molar-refractivity contribution in [2.75, 3.05) is 0 Å². The number of nitro benzene ring substituents is 1. The molecule has 0 atom stereocenters. The van der Waals surface area contributed by atoms with E-state index in [9.17, 15) is 10.1 Å². The molecule has 0 bridgehead atoms. The van der Waals surface area contributed by atoms with Crippen LogP contribution in [0.5, 0.6) is 5.88 Å². The molecule has 0 amide bonds. The number of aromatic nitrogens is 2. The summed E-state index contributed by atoms with van der Waals surface area (Å²) in [5, 5.41) is 11.4. The Morgan fingerprint density at radius 2 is 1.91 bits per heavy atom. The third kappa shape index (κ3) is 3.04. The second kappa shape index (κ2) is 6.07. The summed E-state index contributed by atoms with van der Waals surface area (Å²) in [6.45, 7) is 0.322. The minimum atomic E-state index is -0.453. The van der Waals surface area contributed by atoms with Crippen molar-refractivity contribution in [3.8, 4) is 5.88 Å². The lowest BCUT2D eigenvalue weighted by Gasteiger charge is -2.07. The maximum Gasteiger partial charge on any atom is 0.270 e. The van der Waals surface area contributed by atoms with Crippen LogP contribution in [-0.4, -0.2) is 14.9 Å². The Hall–Kier alpha value is -2.54. The average Bonchev–Trinajstić information content (AvgIpc) is 2.53. The van der Waals surface area contributed by atoms with Gasteiger partial charge in [-0.2, -0.15) is 0 Å². The Kier molecular flexibility index (Phi) is 3.97. The first kappa shape index (κ1) is 14.4. The maximum absolute atomic E-state index is 10.9.